The smallest absolute Gasteiger partial charge is 0.0566 e. The van der Waals surface area contributed by atoms with E-state index >= 15 is 0 Å². The third kappa shape index (κ3) is 1.41. The van der Waals surface area contributed by atoms with Gasteiger partial charge in [0, 0.05) is 33.6 Å². The van der Waals surface area contributed by atoms with E-state index in [0.717, 1.165) is 0 Å². The average molecular weight is 306 g/mol. The van der Waals surface area contributed by atoms with E-state index in [1.807, 2.05) is 0 Å². The van der Waals surface area contributed by atoms with E-state index in [9.17, 15) is 0 Å². The second-order valence-corrected chi connectivity index (χ2v) is 6.40. The van der Waals surface area contributed by atoms with Crippen LogP contribution in [-0.4, -0.2) is 9.55 Å². The molecule has 4 aromatic carbocycles. The molecule has 6 rings (SSSR count). The van der Waals surface area contributed by atoms with E-state index in [0.29, 0.717) is 0 Å². The van der Waals surface area contributed by atoms with Gasteiger partial charge in [-0.1, -0.05) is 42.5 Å². The molecule has 0 fully saturated rings. The zero-order valence-electron chi connectivity index (χ0n) is 13.0. The molecule has 24 heavy (non-hydrogen) atoms. The van der Waals surface area contributed by atoms with Crippen LogP contribution in [0.3, 0.4) is 0 Å². The lowest BCUT2D eigenvalue weighted by atomic mass is 10.0. The van der Waals surface area contributed by atoms with Crippen LogP contribution in [0.5, 0.6) is 0 Å². The van der Waals surface area contributed by atoms with Gasteiger partial charge < -0.3 is 9.55 Å². The fourth-order valence-electron chi connectivity index (χ4n) is 4.05. The van der Waals surface area contributed by atoms with Gasteiger partial charge in [0.2, 0.25) is 0 Å². The molecule has 2 nitrogen and oxygen atoms in total. The van der Waals surface area contributed by atoms with Crippen molar-refractivity contribution in [3.8, 4) is 5.69 Å². The first-order valence-electron chi connectivity index (χ1n) is 8.22. The standard InChI is InChI=1S/C22H14N2/c1-2-6-16(7-3-1)24-12-11-17-19(24)13-15-10-9-14-5-4-8-18-20(14)21(15)22(17)23-18/h1-13,23H. The van der Waals surface area contributed by atoms with Gasteiger partial charge in [-0.15, -0.1) is 0 Å². The van der Waals surface area contributed by atoms with Crippen LogP contribution >= 0.6 is 0 Å². The number of para-hydroxylation sites is 1. The maximum absolute atomic E-state index is 3.65. The Labute approximate surface area is 138 Å². The lowest BCUT2D eigenvalue weighted by Crippen LogP contribution is -1.91. The number of nitrogens with zero attached hydrogens (tertiary/aromatic N) is 1. The van der Waals surface area contributed by atoms with Crippen LogP contribution in [0, 0.1) is 0 Å². The molecule has 112 valence electrons. The molecule has 0 saturated heterocycles. The zero-order chi connectivity index (χ0) is 15.7. The van der Waals surface area contributed by atoms with Gasteiger partial charge in [0.15, 0.2) is 0 Å². The van der Waals surface area contributed by atoms with E-state index in [4.69, 9.17) is 0 Å². The van der Waals surface area contributed by atoms with Crippen LogP contribution in [0.1, 0.15) is 0 Å². The second kappa shape index (κ2) is 4.18. The molecule has 1 N–H and O–H groups in total. The summed E-state index contributed by atoms with van der Waals surface area (Å²) in [5.74, 6) is 0. The molecule has 2 aromatic heterocycles. The van der Waals surface area contributed by atoms with E-state index in [1.165, 1.54) is 49.2 Å². The number of fused-ring (bicyclic) bond motifs is 2. The third-order valence-corrected chi connectivity index (χ3v) is 5.11. The van der Waals surface area contributed by atoms with Gasteiger partial charge >= 0.3 is 0 Å². The molecule has 0 bridgehead atoms. The first-order valence-corrected chi connectivity index (χ1v) is 8.22. The predicted molar refractivity (Wildman–Crippen MR) is 101 cm³/mol. The molecule has 0 unspecified atom stereocenters. The molecule has 0 radical (unpaired) electrons. The van der Waals surface area contributed by atoms with Gasteiger partial charge in [0.1, 0.15) is 0 Å². The Morgan fingerprint density at radius 1 is 0.708 bits per heavy atom. The Bertz CT molecular complexity index is 1340. The maximum Gasteiger partial charge on any atom is 0.0566 e. The SMILES string of the molecule is c1ccc(-n2ccc3c4[nH]c5cccc6ccc(cc32)c4c65)cc1. The quantitative estimate of drug-likeness (QED) is 0.367. The van der Waals surface area contributed by atoms with Crippen molar-refractivity contribution in [2.24, 2.45) is 0 Å². The highest BCUT2D eigenvalue weighted by molar-refractivity contribution is 6.28. The van der Waals surface area contributed by atoms with Crippen LogP contribution in [0.2, 0.25) is 0 Å². The number of benzene rings is 4. The molecule has 0 aliphatic rings. The minimum Gasteiger partial charge on any atom is -0.354 e. The number of H-pyrrole nitrogens is 1. The minimum absolute atomic E-state index is 1.19. The molecule has 0 atom stereocenters. The molecule has 6 aromatic rings. The highest BCUT2D eigenvalue weighted by atomic mass is 15.0. The second-order valence-electron chi connectivity index (χ2n) is 6.40. The van der Waals surface area contributed by atoms with Crippen molar-refractivity contribution in [2.75, 3.05) is 0 Å². The third-order valence-electron chi connectivity index (χ3n) is 5.11. The highest BCUT2D eigenvalue weighted by Crippen LogP contribution is 2.39. The largest absolute Gasteiger partial charge is 0.354 e. The van der Waals surface area contributed by atoms with E-state index in [2.05, 4.69) is 88.5 Å². The molecule has 0 saturated carbocycles. The number of hydrogen-bond acceptors (Lipinski definition) is 0. The summed E-state index contributed by atoms with van der Waals surface area (Å²) in [5, 5.41) is 6.56. The molecule has 0 amide bonds. The zero-order valence-corrected chi connectivity index (χ0v) is 13.0. The van der Waals surface area contributed by atoms with Crippen molar-refractivity contribution in [2.45, 2.75) is 0 Å². The van der Waals surface area contributed by atoms with Crippen LogP contribution in [-0.2, 0) is 0 Å². The molecular formula is C22H14N2. The summed E-state index contributed by atoms with van der Waals surface area (Å²) in [6, 6.07) is 26.0. The van der Waals surface area contributed by atoms with Gasteiger partial charge in [-0.25, -0.2) is 0 Å². The van der Waals surface area contributed by atoms with Crippen LogP contribution in [0.15, 0.2) is 79.0 Å². The van der Waals surface area contributed by atoms with Gasteiger partial charge in [0.25, 0.3) is 0 Å². The molecule has 2 heterocycles. The summed E-state index contributed by atoms with van der Waals surface area (Å²) in [6.45, 7) is 0. The topological polar surface area (TPSA) is 20.7 Å². The summed E-state index contributed by atoms with van der Waals surface area (Å²) in [5.41, 5.74) is 4.89. The number of rotatable bonds is 1. The number of nitrogens with one attached hydrogen (secondary N) is 1. The summed E-state index contributed by atoms with van der Waals surface area (Å²) < 4.78 is 2.26. The lowest BCUT2D eigenvalue weighted by Gasteiger charge is -2.07. The van der Waals surface area contributed by atoms with Gasteiger partial charge in [-0.05, 0) is 41.1 Å². The number of hydrogen-bond donors (Lipinski definition) is 1. The minimum atomic E-state index is 1.19. The Morgan fingerprint density at radius 3 is 2.50 bits per heavy atom. The van der Waals surface area contributed by atoms with Crippen molar-refractivity contribution in [3.63, 3.8) is 0 Å². The molecule has 0 aliphatic carbocycles. The summed E-state index contributed by atoms with van der Waals surface area (Å²) in [4.78, 5) is 3.65. The maximum atomic E-state index is 3.65. The van der Waals surface area contributed by atoms with Crippen LogP contribution in [0.25, 0.3) is 49.2 Å². The highest BCUT2D eigenvalue weighted by Gasteiger charge is 2.15. The number of aromatic nitrogens is 2. The summed E-state index contributed by atoms with van der Waals surface area (Å²) in [6.07, 6.45) is 2.16. The van der Waals surface area contributed by atoms with E-state index < -0.39 is 0 Å². The van der Waals surface area contributed by atoms with E-state index in [1.54, 1.807) is 0 Å². The van der Waals surface area contributed by atoms with E-state index in [-0.39, 0.29) is 0 Å². The van der Waals surface area contributed by atoms with Crippen molar-refractivity contribution < 1.29 is 0 Å². The van der Waals surface area contributed by atoms with Crippen molar-refractivity contribution in [1.29, 1.82) is 0 Å². The molecule has 0 aliphatic heterocycles. The fraction of sp³-hybridized carbons (Fsp3) is 0. The molecule has 0 spiro atoms. The van der Waals surface area contributed by atoms with Gasteiger partial charge in [-0.2, -0.15) is 0 Å². The van der Waals surface area contributed by atoms with Gasteiger partial charge in [-0.3, -0.25) is 0 Å². The van der Waals surface area contributed by atoms with Crippen molar-refractivity contribution in [3.05, 3.63) is 79.0 Å². The first-order chi connectivity index (χ1) is 11.9. The fourth-order valence-corrected chi connectivity index (χ4v) is 4.05. The summed E-state index contributed by atoms with van der Waals surface area (Å²) in [7, 11) is 0. The summed E-state index contributed by atoms with van der Waals surface area (Å²) >= 11 is 0. The Hall–Kier alpha value is -3.26. The van der Waals surface area contributed by atoms with Crippen LogP contribution in [0.4, 0.5) is 0 Å². The average Bonchev–Trinajstić information content (AvgIpc) is 3.22. The lowest BCUT2D eigenvalue weighted by molar-refractivity contribution is 1.13. The predicted octanol–water partition coefficient (Wildman–Crippen LogP) is 5.86. The molecule has 2 heteroatoms. The Balaban J connectivity index is 1.84. The number of aromatic amines is 1. The Kier molecular flexibility index (Phi) is 2.12. The van der Waals surface area contributed by atoms with Crippen molar-refractivity contribution in [1.82, 2.24) is 9.55 Å². The van der Waals surface area contributed by atoms with Crippen LogP contribution < -0.4 is 0 Å². The Morgan fingerprint density at radius 2 is 1.58 bits per heavy atom. The molecular weight excluding hydrogens is 292 g/mol. The van der Waals surface area contributed by atoms with Crippen molar-refractivity contribution >= 4 is 43.5 Å². The van der Waals surface area contributed by atoms with Gasteiger partial charge in [0.05, 0.1) is 11.0 Å². The normalized spacial score (nSPS) is 12.2. The monoisotopic (exact) mass is 306 g/mol. The first kappa shape index (κ1) is 12.2.